The Bertz CT molecular complexity index is 602. The Labute approximate surface area is 150 Å². The Morgan fingerprint density at radius 1 is 1.12 bits per heavy atom. The van der Waals surface area contributed by atoms with Gasteiger partial charge in [0.15, 0.2) is 0 Å². The number of carbonyl (C=O) groups excluding carboxylic acids is 2. The van der Waals surface area contributed by atoms with E-state index in [9.17, 15) is 9.59 Å². The molecule has 25 heavy (non-hydrogen) atoms. The lowest BCUT2D eigenvalue weighted by atomic mass is 10.1. The first-order valence-corrected chi connectivity index (χ1v) is 8.81. The first kappa shape index (κ1) is 19.1. The molecule has 0 saturated carbocycles. The molecule has 6 heteroatoms. The zero-order valence-corrected chi connectivity index (χ0v) is 15.7. The summed E-state index contributed by atoms with van der Waals surface area (Å²) in [6.07, 6.45) is 0.498. The average Bonchev–Trinajstić information content (AvgIpc) is 2.53. The van der Waals surface area contributed by atoms with E-state index in [1.54, 1.807) is 9.80 Å². The van der Waals surface area contributed by atoms with Crippen LogP contribution in [0, 0.1) is 6.92 Å². The van der Waals surface area contributed by atoms with E-state index >= 15 is 0 Å². The highest BCUT2D eigenvalue weighted by Gasteiger charge is 2.27. The van der Waals surface area contributed by atoms with Gasteiger partial charge in [-0.15, -0.1) is 0 Å². The van der Waals surface area contributed by atoms with Gasteiger partial charge in [0, 0.05) is 32.7 Å². The summed E-state index contributed by atoms with van der Waals surface area (Å²) >= 11 is 0. The van der Waals surface area contributed by atoms with Crippen LogP contribution < -0.4 is 5.32 Å². The zero-order chi connectivity index (χ0) is 18.4. The number of rotatable bonds is 3. The maximum absolute atomic E-state index is 12.2. The van der Waals surface area contributed by atoms with Gasteiger partial charge in [-0.1, -0.05) is 29.8 Å². The molecule has 0 bridgehead atoms. The number of hydrogen-bond donors (Lipinski definition) is 1. The van der Waals surface area contributed by atoms with Crippen molar-refractivity contribution >= 4 is 12.1 Å². The van der Waals surface area contributed by atoms with Crippen molar-refractivity contribution in [3.8, 4) is 0 Å². The number of ether oxygens (including phenoxy) is 1. The molecule has 0 unspecified atom stereocenters. The molecule has 3 amide bonds. The van der Waals surface area contributed by atoms with Crippen LogP contribution in [-0.4, -0.2) is 60.2 Å². The minimum absolute atomic E-state index is 0.0727. The van der Waals surface area contributed by atoms with E-state index in [1.165, 1.54) is 11.1 Å². The normalized spacial score (nSPS) is 15.0. The molecular weight excluding hydrogens is 318 g/mol. The van der Waals surface area contributed by atoms with E-state index in [0.29, 0.717) is 32.7 Å². The Morgan fingerprint density at radius 2 is 1.76 bits per heavy atom. The molecule has 0 spiro atoms. The number of amides is 3. The maximum atomic E-state index is 12.2. The molecule has 6 nitrogen and oxygen atoms in total. The van der Waals surface area contributed by atoms with Gasteiger partial charge in [-0.05, 0) is 39.7 Å². The second kappa shape index (κ2) is 8.23. The quantitative estimate of drug-likeness (QED) is 0.914. The first-order valence-electron chi connectivity index (χ1n) is 8.81. The summed E-state index contributed by atoms with van der Waals surface area (Å²) in [5, 5.41) is 2.95. The third kappa shape index (κ3) is 6.29. The monoisotopic (exact) mass is 347 g/mol. The first-order chi connectivity index (χ1) is 11.7. The van der Waals surface area contributed by atoms with Gasteiger partial charge in [-0.25, -0.2) is 9.59 Å². The van der Waals surface area contributed by atoms with Crippen LogP contribution in [0.15, 0.2) is 24.3 Å². The van der Waals surface area contributed by atoms with Crippen LogP contribution >= 0.6 is 0 Å². The molecule has 0 aromatic heterocycles. The van der Waals surface area contributed by atoms with Crippen LogP contribution in [0.3, 0.4) is 0 Å². The molecule has 1 aromatic rings. The molecule has 1 fully saturated rings. The summed E-state index contributed by atoms with van der Waals surface area (Å²) in [5.41, 5.74) is 1.94. The molecule has 1 aliphatic heterocycles. The van der Waals surface area contributed by atoms with E-state index in [2.05, 4.69) is 30.4 Å². The average molecular weight is 347 g/mol. The Kier molecular flexibility index (Phi) is 6.28. The van der Waals surface area contributed by atoms with Crippen LogP contribution in [0.25, 0.3) is 0 Å². The summed E-state index contributed by atoms with van der Waals surface area (Å²) in [6.45, 7) is 10.3. The lowest BCUT2D eigenvalue weighted by Gasteiger charge is -2.35. The van der Waals surface area contributed by atoms with E-state index in [1.807, 2.05) is 26.8 Å². The molecule has 0 radical (unpaired) electrons. The zero-order valence-electron chi connectivity index (χ0n) is 15.7. The molecule has 2 rings (SSSR count). The molecule has 0 aliphatic carbocycles. The molecule has 0 atom stereocenters. The van der Waals surface area contributed by atoms with Crippen LogP contribution in [0.5, 0.6) is 0 Å². The second-order valence-corrected chi connectivity index (χ2v) is 7.43. The minimum atomic E-state index is -0.499. The van der Waals surface area contributed by atoms with Crippen LogP contribution in [0.1, 0.15) is 31.9 Å². The van der Waals surface area contributed by atoms with E-state index in [0.717, 1.165) is 6.42 Å². The number of carbonyl (C=O) groups is 2. The highest BCUT2D eigenvalue weighted by Crippen LogP contribution is 2.12. The highest BCUT2D eigenvalue weighted by atomic mass is 16.6. The third-order valence-electron chi connectivity index (χ3n) is 3.99. The van der Waals surface area contributed by atoms with Crippen molar-refractivity contribution in [2.45, 2.75) is 39.7 Å². The Balaban J connectivity index is 1.71. The van der Waals surface area contributed by atoms with Crippen molar-refractivity contribution in [3.63, 3.8) is 0 Å². The summed E-state index contributed by atoms with van der Waals surface area (Å²) in [6, 6.07) is 8.22. The van der Waals surface area contributed by atoms with Gasteiger partial charge in [0.25, 0.3) is 0 Å². The van der Waals surface area contributed by atoms with Gasteiger partial charge in [0.1, 0.15) is 5.60 Å². The number of hydrogen-bond acceptors (Lipinski definition) is 3. The fourth-order valence-electron chi connectivity index (χ4n) is 2.71. The summed E-state index contributed by atoms with van der Waals surface area (Å²) in [4.78, 5) is 27.7. The molecule has 1 aromatic carbocycles. The number of nitrogens with zero attached hydrogens (tertiary/aromatic N) is 2. The van der Waals surface area contributed by atoms with Gasteiger partial charge in [0.05, 0.1) is 0 Å². The Morgan fingerprint density at radius 3 is 2.36 bits per heavy atom. The summed E-state index contributed by atoms with van der Waals surface area (Å²) in [7, 11) is 0. The summed E-state index contributed by atoms with van der Waals surface area (Å²) in [5.74, 6) is 0. The van der Waals surface area contributed by atoms with Crippen molar-refractivity contribution < 1.29 is 14.3 Å². The van der Waals surface area contributed by atoms with Gasteiger partial charge in [0.2, 0.25) is 0 Å². The topological polar surface area (TPSA) is 61.9 Å². The van der Waals surface area contributed by atoms with E-state index in [4.69, 9.17) is 4.74 Å². The van der Waals surface area contributed by atoms with Crippen molar-refractivity contribution in [1.29, 1.82) is 0 Å². The maximum Gasteiger partial charge on any atom is 0.410 e. The number of nitrogens with one attached hydrogen (secondary N) is 1. The fourth-order valence-corrected chi connectivity index (χ4v) is 2.71. The smallest absolute Gasteiger partial charge is 0.410 e. The highest BCUT2D eigenvalue weighted by molar-refractivity contribution is 5.75. The van der Waals surface area contributed by atoms with Crippen LogP contribution in [0.4, 0.5) is 9.59 Å². The van der Waals surface area contributed by atoms with E-state index in [-0.39, 0.29) is 12.1 Å². The lowest BCUT2D eigenvalue weighted by molar-refractivity contribution is 0.0170. The van der Waals surface area contributed by atoms with Crippen molar-refractivity contribution in [2.24, 2.45) is 0 Å². The minimum Gasteiger partial charge on any atom is -0.444 e. The predicted molar refractivity (Wildman–Crippen MR) is 97.7 cm³/mol. The van der Waals surface area contributed by atoms with Gasteiger partial charge in [-0.3, -0.25) is 0 Å². The predicted octanol–water partition coefficient (Wildman–Crippen LogP) is 2.80. The van der Waals surface area contributed by atoms with Gasteiger partial charge in [-0.2, -0.15) is 0 Å². The number of piperazine rings is 1. The third-order valence-corrected chi connectivity index (χ3v) is 3.99. The van der Waals surface area contributed by atoms with Crippen molar-refractivity contribution in [2.75, 3.05) is 32.7 Å². The van der Waals surface area contributed by atoms with Crippen LogP contribution in [-0.2, 0) is 11.2 Å². The standard InChI is InChI=1S/C19H29N3O3/c1-15-6-5-7-16(14-15)8-9-20-17(23)21-10-12-22(13-11-21)18(24)25-19(2,3)4/h5-7,14H,8-13H2,1-4H3,(H,20,23). The molecule has 138 valence electrons. The molecule has 1 N–H and O–H groups in total. The Hall–Kier alpha value is -2.24. The van der Waals surface area contributed by atoms with Crippen LogP contribution in [0.2, 0.25) is 0 Å². The number of urea groups is 1. The fraction of sp³-hybridized carbons (Fsp3) is 0.579. The molecule has 1 saturated heterocycles. The number of benzene rings is 1. The molecule has 1 aliphatic rings. The van der Waals surface area contributed by atoms with Gasteiger partial charge < -0.3 is 19.9 Å². The van der Waals surface area contributed by atoms with Crippen molar-refractivity contribution in [1.82, 2.24) is 15.1 Å². The molecule has 1 heterocycles. The largest absolute Gasteiger partial charge is 0.444 e. The van der Waals surface area contributed by atoms with Crippen molar-refractivity contribution in [3.05, 3.63) is 35.4 Å². The summed E-state index contributed by atoms with van der Waals surface area (Å²) < 4.78 is 5.36. The van der Waals surface area contributed by atoms with Gasteiger partial charge >= 0.3 is 12.1 Å². The number of aryl methyl sites for hydroxylation is 1. The van der Waals surface area contributed by atoms with E-state index < -0.39 is 5.60 Å². The second-order valence-electron chi connectivity index (χ2n) is 7.43. The molecular formula is C19H29N3O3. The lowest BCUT2D eigenvalue weighted by Crippen LogP contribution is -2.54. The SMILES string of the molecule is Cc1cccc(CCNC(=O)N2CCN(C(=O)OC(C)(C)C)CC2)c1.